The van der Waals surface area contributed by atoms with Gasteiger partial charge in [-0.1, -0.05) is 6.92 Å². The second kappa shape index (κ2) is 6.58. The van der Waals surface area contributed by atoms with Crippen LogP contribution in [0.3, 0.4) is 0 Å². The quantitative estimate of drug-likeness (QED) is 0.595. The van der Waals surface area contributed by atoms with Gasteiger partial charge in [-0.3, -0.25) is 0 Å². The van der Waals surface area contributed by atoms with Gasteiger partial charge in [0.05, 0.1) is 6.10 Å². The van der Waals surface area contributed by atoms with Crippen LogP contribution in [0.5, 0.6) is 0 Å². The summed E-state index contributed by atoms with van der Waals surface area (Å²) >= 11 is 0. The topological polar surface area (TPSA) is 38.7 Å². The van der Waals surface area contributed by atoms with Crippen molar-refractivity contribution in [1.29, 1.82) is 0 Å². The van der Waals surface area contributed by atoms with Crippen LogP contribution in [0.4, 0.5) is 0 Å². The van der Waals surface area contributed by atoms with Crippen molar-refractivity contribution in [2.24, 2.45) is 0 Å². The van der Waals surface area contributed by atoms with E-state index in [0.717, 1.165) is 6.42 Å². The average Bonchev–Trinajstić information content (AvgIpc) is 2.01. The van der Waals surface area contributed by atoms with Gasteiger partial charge in [-0.25, -0.2) is 0 Å². The van der Waals surface area contributed by atoms with E-state index in [1.165, 1.54) is 0 Å². The number of rotatable bonds is 6. The molecule has 0 aliphatic heterocycles. The molecular weight excluding hydrogens is 144 g/mol. The molecule has 3 heteroatoms. The summed E-state index contributed by atoms with van der Waals surface area (Å²) in [6.07, 6.45) is 1.45. The van der Waals surface area contributed by atoms with E-state index in [9.17, 15) is 0 Å². The van der Waals surface area contributed by atoms with Gasteiger partial charge in [0, 0.05) is 13.7 Å². The molecule has 0 aromatic heterocycles. The molecule has 0 aliphatic rings. The standard InChI is InChI=1S/C8H18O3/c1-4-8(10-3)11-7(2)5-6-9/h7-9H,4-6H2,1-3H3/t7-,8+/m1/s1. The molecule has 3 nitrogen and oxygen atoms in total. The van der Waals surface area contributed by atoms with Crippen molar-refractivity contribution < 1.29 is 14.6 Å². The molecule has 0 heterocycles. The van der Waals surface area contributed by atoms with E-state index in [2.05, 4.69) is 0 Å². The average molecular weight is 162 g/mol. The van der Waals surface area contributed by atoms with E-state index in [-0.39, 0.29) is 19.0 Å². The van der Waals surface area contributed by atoms with E-state index in [1.807, 2.05) is 13.8 Å². The molecule has 0 aromatic carbocycles. The number of aliphatic hydroxyl groups excluding tert-OH is 1. The molecule has 0 aliphatic carbocycles. The van der Waals surface area contributed by atoms with Crippen LogP contribution in [0, 0.1) is 0 Å². The van der Waals surface area contributed by atoms with Crippen molar-refractivity contribution in [3.8, 4) is 0 Å². The van der Waals surface area contributed by atoms with Crippen LogP contribution in [0.15, 0.2) is 0 Å². The van der Waals surface area contributed by atoms with Crippen molar-refractivity contribution in [3.63, 3.8) is 0 Å². The SMILES string of the molecule is CC[C@@H](OC)O[C@H](C)CCO. The Morgan fingerprint density at radius 2 is 2.09 bits per heavy atom. The van der Waals surface area contributed by atoms with Crippen molar-refractivity contribution >= 4 is 0 Å². The lowest BCUT2D eigenvalue weighted by atomic mass is 10.3. The monoisotopic (exact) mass is 162 g/mol. The van der Waals surface area contributed by atoms with Crippen LogP contribution in [0.1, 0.15) is 26.7 Å². The molecule has 2 atom stereocenters. The molecule has 11 heavy (non-hydrogen) atoms. The number of ether oxygens (including phenoxy) is 2. The van der Waals surface area contributed by atoms with Crippen LogP contribution in [-0.2, 0) is 9.47 Å². The largest absolute Gasteiger partial charge is 0.396 e. The van der Waals surface area contributed by atoms with E-state index >= 15 is 0 Å². The zero-order valence-electron chi connectivity index (χ0n) is 7.54. The highest BCUT2D eigenvalue weighted by Gasteiger charge is 2.08. The lowest BCUT2D eigenvalue weighted by Crippen LogP contribution is -2.21. The van der Waals surface area contributed by atoms with Crippen LogP contribution in [0.2, 0.25) is 0 Å². The second-order valence-electron chi connectivity index (χ2n) is 2.53. The molecule has 0 saturated heterocycles. The van der Waals surface area contributed by atoms with Gasteiger partial charge in [0.25, 0.3) is 0 Å². The van der Waals surface area contributed by atoms with Crippen molar-refractivity contribution in [2.45, 2.75) is 39.1 Å². The zero-order valence-corrected chi connectivity index (χ0v) is 7.54. The molecule has 0 saturated carbocycles. The van der Waals surface area contributed by atoms with Crippen LogP contribution >= 0.6 is 0 Å². The Hall–Kier alpha value is -0.120. The molecule has 0 amide bonds. The third-order valence-corrected chi connectivity index (χ3v) is 1.52. The minimum Gasteiger partial charge on any atom is -0.396 e. The summed E-state index contributed by atoms with van der Waals surface area (Å²) in [5.41, 5.74) is 0. The Balaban J connectivity index is 3.44. The first-order chi connectivity index (χ1) is 5.24. The summed E-state index contributed by atoms with van der Waals surface area (Å²) in [6.45, 7) is 4.10. The Kier molecular flexibility index (Phi) is 6.51. The predicted molar refractivity (Wildman–Crippen MR) is 43.3 cm³/mol. The fourth-order valence-electron chi connectivity index (χ4n) is 0.827. The van der Waals surface area contributed by atoms with Gasteiger partial charge in [-0.15, -0.1) is 0 Å². The van der Waals surface area contributed by atoms with E-state index in [0.29, 0.717) is 6.42 Å². The van der Waals surface area contributed by atoms with Gasteiger partial charge in [-0.05, 0) is 19.8 Å². The van der Waals surface area contributed by atoms with Crippen molar-refractivity contribution in [3.05, 3.63) is 0 Å². The maximum atomic E-state index is 8.57. The Morgan fingerprint density at radius 3 is 2.45 bits per heavy atom. The molecule has 0 fully saturated rings. The first kappa shape index (κ1) is 10.9. The first-order valence-electron chi connectivity index (χ1n) is 4.03. The third kappa shape index (κ3) is 5.18. The smallest absolute Gasteiger partial charge is 0.157 e. The lowest BCUT2D eigenvalue weighted by molar-refractivity contribution is -0.154. The molecule has 0 radical (unpaired) electrons. The Bertz CT molecular complexity index is 81.4. The summed E-state index contributed by atoms with van der Waals surface area (Å²) in [7, 11) is 1.62. The van der Waals surface area contributed by atoms with Gasteiger partial charge < -0.3 is 14.6 Å². The molecular formula is C8H18O3. The van der Waals surface area contributed by atoms with Crippen molar-refractivity contribution in [2.75, 3.05) is 13.7 Å². The van der Waals surface area contributed by atoms with E-state index in [4.69, 9.17) is 14.6 Å². The number of hydrogen-bond donors (Lipinski definition) is 1. The summed E-state index contributed by atoms with van der Waals surface area (Å²) in [5.74, 6) is 0. The zero-order chi connectivity index (χ0) is 8.69. The molecule has 0 rings (SSSR count). The van der Waals surface area contributed by atoms with Crippen LogP contribution in [0.25, 0.3) is 0 Å². The normalized spacial score (nSPS) is 16.4. The maximum absolute atomic E-state index is 8.57. The molecule has 1 N–H and O–H groups in total. The maximum Gasteiger partial charge on any atom is 0.157 e. The number of aliphatic hydroxyl groups is 1. The highest BCUT2D eigenvalue weighted by atomic mass is 16.7. The molecule has 0 spiro atoms. The van der Waals surface area contributed by atoms with E-state index < -0.39 is 0 Å². The number of methoxy groups -OCH3 is 1. The highest BCUT2D eigenvalue weighted by Crippen LogP contribution is 2.05. The van der Waals surface area contributed by atoms with E-state index in [1.54, 1.807) is 7.11 Å². The summed E-state index contributed by atoms with van der Waals surface area (Å²) in [5, 5.41) is 8.57. The van der Waals surface area contributed by atoms with Gasteiger partial charge in [0.1, 0.15) is 0 Å². The highest BCUT2D eigenvalue weighted by molar-refractivity contribution is 4.50. The second-order valence-corrected chi connectivity index (χ2v) is 2.53. The lowest BCUT2D eigenvalue weighted by Gasteiger charge is -2.18. The summed E-state index contributed by atoms with van der Waals surface area (Å²) < 4.78 is 10.4. The molecule has 0 aromatic rings. The first-order valence-corrected chi connectivity index (χ1v) is 4.03. The fourth-order valence-corrected chi connectivity index (χ4v) is 0.827. The van der Waals surface area contributed by atoms with Gasteiger partial charge >= 0.3 is 0 Å². The van der Waals surface area contributed by atoms with Gasteiger partial charge in [0.15, 0.2) is 6.29 Å². The summed E-state index contributed by atoms with van der Waals surface area (Å²) in [4.78, 5) is 0. The summed E-state index contributed by atoms with van der Waals surface area (Å²) in [6, 6.07) is 0. The minimum absolute atomic E-state index is 0.0740. The van der Waals surface area contributed by atoms with Crippen LogP contribution < -0.4 is 0 Å². The minimum atomic E-state index is -0.128. The van der Waals surface area contributed by atoms with Crippen LogP contribution in [-0.4, -0.2) is 31.2 Å². The third-order valence-electron chi connectivity index (χ3n) is 1.52. The number of hydrogen-bond acceptors (Lipinski definition) is 3. The van der Waals surface area contributed by atoms with Gasteiger partial charge in [0.2, 0.25) is 0 Å². The van der Waals surface area contributed by atoms with Crippen molar-refractivity contribution in [1.82, 2.24) is 0 Å². The van der Waals surface area contributed by atoms with Gasteiger partial charge in [-0.2, -0.15) is 0 Å². The molecule has 0 unspecified atom stereocenters. The Labute approximate surface area is 68.3 Å². The molecule has 0 bridgehead atoms. The molecule has 68 valence electrons. The predicted octanol–water partition coefficient (Wildman–Crippen LogP) is 1.16. The fraction of sp³-hybridized carbons (Fsp3) is 1.00. The Morgan fingerprint density at radius 1 is 1.45 bits per heavy atom.